The topological polar surface area (TPSA) is 135 Å². The number of aromatic nitrogens is 1. The monoisotopic (exact) mass is 469 g/mol. The van der Waals surface area contributed by atoms with Gasteiger partial charge in [-0.15, -0.1) is 0 Å². The van der Waals surface area contributed by atoms with Gasteiger partial charge in [0.05, 0.1) is 0 Å². The van der Waals surface area contributed by atoms with Crippen LogP contribution in [0, 0.1) is 0 Å². The maximum absolute atomic E-state index is 12.9. The molecule has 0 aliphatic heterocycles. The van der Waals surface area contributed by atoms with Crippen molar-refractivity contribution in [1.29, 1.82) is 0 Å². The molecule has 0 radical (unpaired) electrons. The normalized spacial score (nSPS) is 12.8. The molecule has 0 spiro atoms. The Morgan fingerprint density at radius 2 is 1.68 bits per heavy atom. The van der Waals surface area contributed by atoms with E-state index >= 15 is 0 Å². The van der Waals surface area contributed by atoms with Gasteiger partial charge >= 0.3 is 6.09 Å². The highest BCUT2D eigenvalue weighted by atomic mass is 16.6. The van der Waals surface area contributed by atoms with E-state index in [1.165, 1.54) is 0 Å². The van der Waals surface area contributed by atoms with Crippen molar-refractivity contribution in [3.63, 3.8) is 0 Å². The fraction of sp³-hybridized carbons (Fsp3) is 0.440. The maximum atomic E-state index is 12.9. The number of ether oxygens (including phenoxy) is 1. The number of nitrogen functional groups attached to an aromatic ring is 1. The van der Waals surface area contributed by atoms with E-state index in [9.17, 15) is 14.4 Å². The summed E-state index contributed by atoms with van der Waals surface area (Å²) in [5, 5.41) is 8.12. The van der Waals surface area contributed by atoms with Gasteiger partial charge in [0.25, 0.3) is 0 Å². The van der Waals surface area contributed by atoms with Crippen LogP contribution in [0.5, 0.6) is 0 Å². The third kappa shape index (κ3) is 9.89. The minimum Gasteiger partial charge on any atom is -0.444 e. The zero-order valence-corrected chi connectivity index (χ0v) is 20.3. The van der Waals surface area contributed by atoms with Crippen molar-refractivity contribution in [1.82, 2.24) is 20.9 Å². The van der Waals surface area contributed by atoms with E-state index < -0.39 is 29.7 Å². The summed E-state index contributed by atoms with van der Waals surface area (Å²) in [6.45, 7) is 7.23. The summed E-state index contributed by atoms with van der Waals surface area (Å²) in [5.74, 6) is -0.339. The molecule has 2 unspecified atom stereocenters. The lowest BCUT2D eigenvalue weighted by atomic mass is 10.0. The molecule has 3 amide bonds. The zero-order chi connectivity index (χ0) is 25.1. The number of carbonyl (C=O) groups excluding carboxylic acids is 3. The first-order chi connectivity index (χ1) is 16.0. The lowest BCUT2D eigenvalue weighted by Gasteiger charge is -2.24. The highest BCUT2D eigenvalue weighted by Crippen LogP contribution is 2.10. The van der Waals surface area contributed by atoms with Crippen LogP contribution in [-0.2, 0) is 27.2 Å². The van der Waals surface area contributed by atoms with Crippen molar-refractivity contribution in [2.45, 2.75) is 64.6 Å². The molecule has 0 aliphatic carbocycles. The summed E-state index contributed by atoms with van der Waals surface area (Å²) >= 11 is 0. The van der Waals surface area contributed by atoms with Gasteiger partial charge in [-0.2, -0.15) is 0 Å². The smallest absolute Gasteiger partial charge is 0.408 e. The van der Waals surface area contributed by atoms with Gasteiger partial charge in [0.1, 0.15) is 23.5 Å². The third-order valence-electron chi connectivity index (χ3n) is 4.88. The van der Waals surface area contributed by atoms with E-state index in [1.807, 2.05) is 36.4 Å². The molecule has 9 nitrogen and oxygen atoms in total. The second-order valence-corrected chi connectivity index (χ2v) is 9.09. The van der Waals surface area contributed by atoms with Gasteiger partial charge in [-0.1, -0.05) is 36.4 Å². The predicted molar refractivity (Wildman–Crippen MR) is 131 cm³/mol. The molecule has 0 fully saturated rings. The lowest BCUT2D eigenvalue weighted by Crippen LogP contribution is -2.53. The van der Waals surface area contributed by atoms with Gasteiger partial charge in [-0.05, 0) is 64.2 Å². The number of rotatable bonds is 10. The van der Waals surface area contributed by atoms with Gasteiger partial charge in [0, 0.05) is 12.7 Å². The quantitative estimate of drug-likeness (QED) is 0.422. The molecule has 5 N–H and O–H groups in total. The SMILES string of the molecule is CC(NC(=O)C(CCc1ccccc1)NC(=O)OC(C)(C)C)C(=O)NCCc1ccc(N)nc1. The first-order valence-electron chi connectivity index (χ1n) is 11.4. The zero-order valence-electron chi connectivity index (χ0n) is 20.3. The Labute approximate surface area is 200 Å². The Morgan fingerprint density at radius 3 is 2.29 bits per heavy atom. The highest BCUT2D eigenvalue weighted by molar-refractivity contribution is 5.91. The average Bonchev–Trinajstić information content (AvgIpc) is 2.77. The molecule has 2 atom stereocenters. The maximum Gasteiger partial charge on any atom is 0.408 e. The number of nitrogens with two attached hydrogens (primary N) is 1. The van der Waals surface area contributed by atoms with Gasteiger partial charge < -0.3 is 26.4 Å². The van der Waals surface area contributed by atoms with Crippen molar-refractivity contribution >= 4 is 23.7 Å². The summed E-state index contributed by atoms with van der Waals surface area (Å²) in [6.07, 6.45) is 2.49. The van der Waals surface area contributed by atoms with Crippen molar-refractivity contribution in [3.05, 3.63) is 59.8 Å². The molecule has 1 aromatic carbocycles. The number of nitrogens with one attached hydrogen (secondary N) is 3. The number of hydrogen-bond acceptors (Lipinski definition) is 6. The summed E-state index contributed by atoms with van der Waals surface area (Å²) in [6, 6.07) is 11.6. The fourth-order valence-electron chi connectivity index (χ4n) is 3.12. The minimum atomic E-state index is -0.855. The molecule has 0 aliphatic rings. The van der Waals surface area contributed by atoms with E-state index in [4.69, 9.17) is 10.5 Å². The van der Waals surface area contributed by atoms with Crippen LogP contribution in [0.15, 0.2) is 48.7 Å². The number of carbonyl (C=O) groups is 3. The van der Waals surface area contributed by atoms with E-state index in [0.29, 0.717) is 31.6 Å². The van der Waals surface area contributed by atoms with Crippen molar-refractivity contribution in [2.75, 3.05) is 12.3 Å². The Morgan fingerprint density at radius 1 is 0.971 bits per heavy atom. The van der Waals surface area contributed by atoms with Crippen molar-refractivity contribution in [2.24, 2.45) is 0 Å². The van der Waals surface area contributed by atoms with E-state index in [1.54, 1.807) is 40.0 Å². The van der Waals surface area contributed by atoms with E-state index in [0.717, 1.165) is 11.1 Å². The first kappa shape index (κ1) is 26.6. The minimum absolute atomic E-state index is 0.323. The van der Waals surface area contributed by atoms with Crippen molar-refractivity contribution < 1.29 is 19.1 Å². The molecule has 1 heterocycles. The molecule has 184 valence electrons. The number of aryl methyl sites for hydroxylation is 1. The highest BCUT2D eigenvalue weighted by Gasteiger charge is 2.26. The number of alkyl carbamates (subject to hydrolysis) is 1. The van der Waals surface area contributed by atoms with E-state index in [2.05, 4.69) is 20.9 Å². The van der Waals surface area contributed by atoms with Gasteiger partial charge in [-0.3, -0.25) is 9.59 Å². The molecule has 0 bridgehead atoms. The molecular formula is C25H35N5O4. The van der Waals surface area contributed by atoms with Gasteiger partial charge in [-0.25, -0.2) is 9.78 Å². The lowest BCUT2D eigenvalue weighted by molar-refractivity contribution is -0.129. The standard InChI is InChI=1S/C25H35N5O4/c1-17(22(31)27-15-14-19-11-13-21(26)28-16-19)29-23(32)20(30-24(33)34-25(2,3)4)12-10-18-8-6-5-7-9-18/h5-9,11,13,16-17,20H,10,12,14-15H2,1-4H3,(H2,26,28)(H,27,31)(H,29,32)(H,30,33). The van der Waals surface area contributed by atoms with Crippen LogP contribution in [-0.4, -0.2) is 47.1 Å². The van der Waals surface area contributed by atoms with Crippen LogP contribution in [0.1, 0.15) is 45.2 Å². The number of amides is 3. The molecule has 9 heteroatoms. The summed E-state index contributed by atoms with van der Waals surface area (Å²) < 4.78 is 5.30. The van der Waals surface area contributed by atoms with Crippen LogP contribution in [0.25, 0.3) is 0 Å². The predicted octanol–water partition coefficient (Wildman–Crippen LogP) is 2.35. The number of hydrogen-bond donors (Lipinski definition) is 4. The second-order valence-electron chi connectivity index (χ2n) is 9.09. The number of nitrogens with zero attached hydrogens (tertiary/aromatic N) is 1. The average molecular weight is 470 g/mol. The largest absolute Gasteiger partial charge is 0.444 e. The molecule has 2 aromatic rings. The molecule has 0 saturated carbocycles. The Kier molecular flexibility index (Phi) is 9.85. The van der Waals surface area contributed by atoms with Gasteiger partial charge in [0.2, 0.25) is 11.8 Å². The third-order valence-corrected chi connectivity index (χ3v) is 4.88. The Hall–Kier alpha value is -3.62. The number of benzene rings is 1. The fourth-order valence-corrected chi connectivity index (χ4v) is 3.12. The second kappa shape index (κ2) is 12.6. The molecule has 0 saturated heterocycles. The summed E-state index contributed by atoms with van der Waals surface area (Å²) in [4.78, 5) is 41.7. The number of anilines is 1. The van der Waals surface area contributed by atoms with E-state index in [-0.39, 0.29) is 5.91 Å². The van der Waals surface area contributed by atoms with Gasteiger partial charge in [0.15, 0.2) is 0 Å². The molecular weight excluding hydrogens is 434 g/mol. The first-order valence-corrected chi connectivity index (χ1v) is 11.4. The molecule has 34 heavy (non-hydrogen) atoms. The molecule has 1 aromatic heterocycles. The number of pyridine rings is 1. The van der Waals surface area contributed by atoms with Crippen LogP contribution in [0.3, 0.4) is 0 Å². The Bertz CT molecular complexity index is 942. The van der Waals surface area contributed by atoms with Crippen molar-refractivity contribution in [3.8, 4) is 0 Å². The Balaban J connectivity index is 1.91. The van der Waals surface area contributed by atoms with Crippen LogP contribution in [0.4, 0.5) is 10.6 Å². The van der Waals surface area contributed by atoms with Crippen LogP contribution >= 0.6 is 0 Å². The van der Waals surface area contributed by atoms with Crippen LogP contribution in [0.2, 0.25) is 0 Å². The van der Waals surface area contributed by atoms with Crippen LogP contribution < -0.4 is 21.7 Å². The summed E-state index contributed by atoms with van der Waals surface area (Å²) in [7, 11) is 0. The summed E-state index contributed by atoms with van der Waals surface area (Å²) in [5.41, 5.74) is 6.85. The molecule has 2 rings (SSSR count).